The fourth-order valence-corrected chi connectivity index (χ4v) is 1.74. The van der Waals surface area contributed by atoms with Crippen molar-refractivity contribution in [3.63, 3.8) is 0 Å². The Kier molecular flexibility index (Phi) is 9.06. The molecule has 1 heteroatoms. The average molecular weight is 198 g/mol. The third-order valence-electron chi connectivity index (χ3n) is 2.64. The Labute approximate surface area is 89.2 Å². The molecule has 0 rings (SSSR count). The molecule has 0 spiro atoms. The van der Waals surface area contributed by atoms with E-state index < -0.39 is 0 Å². The molecular formula is C13H26O. The molecule has 0 aromatic heterocycles. The van der Waals surface area contributed by atoms with E-state index in [2.05, 4.69) is 26.8 Å². The zero-order valence-electron chi connectivity index (χ0n) is 10.1. The number of aliphatic hydroxyl groups excluding tert-OH is 1. The van der Waals surface area contributed by atoms with Crippen molar-refractivity contribution >= 4 is 0 Å². The lowest BCUT2D eigenvalue weighted by atomic mass is 9.96. The van der Waals surface area contributed by atoms with Crippen LogP contribution in [0.5, 0.6) is 0 Å². The zero-order valence-corrected chi connectivity index (χ0v) is 10.1. The van der Waals surface area contributed by atoms with Crippen LogP contribution in [0.2, 0.25) is 0 Å². The largest absolute Gasteiger partial charge is 0.396 e. The van der Waals surface area contributed by atoms with Crippen LogP contribution in [0, 0.1) is 5.92 Å². The molecule has 14 heavy (non-hydrogen) atoms. The summed E-state index contributed by atoms with van der Waals surface area (Å²) in [5.74, 6) is 0.664. The van der Waals surface area contributed by atoms with Crippen LogP contribution in [0.1, 0.15) is 59.3 Å². The van der Waals surface area contributed by atoms with E-state index in [-0.39, 0.29) is 0 Å². The molecule has 0 fully saturated rings. The van der Waals surface area contributed by atoms with Crippen LogP contribution in [-0.2, 0) is 0 Å². The highest BCUT2D eigenvalue weighted by atomic mass is 16.3. The van der Waals surface area contributed by atoms with Crippen LogP contribution in [0.4, 0.5) is 0 Å². The smallest absolute Gasteiger partial charge is 0.0433 e. The maximum absolute atomic E-state index is 8.79. The minimum atomic E-state index is 0.335. The highest BCUT2D eigenvalue weighted by Gasteiger charge is 2.03. The van der Waals surface area contributed by atoms with E-state index in [1.165, 1.54) is 25.7 Å². The summed E-state index contributed by atoms with van der Waals surface area (Å²) < 4.78 is 0. The van der Waals surface area contributed by atoms with Gasteiger partial charge < -0.3 is 5.11 Å². The second-order valence-corrected chi connectivity index (χ2v) is 4.18. The third-order valence-corrected chi connectivity index (χ3v) is 2.64. The predicted octanol–water partition coefficient (Wildman–Crippen LogP) is 3.92. The van der Waals surface area contributed by atoms with Gasteiger partial charge in [0.25, 0.3) is 0 Å². The average Bonchev–Trinajstić information content (AvgIpc) is 2.15. The van der Waals surface area contributed by atoms with E-state index in [9.17, 15) is 0 Å². The molecule has 0 heterocycles. The van der Waals surface area contributed by atoms with Crippen LogP contribution in [0.25, 0.3) is 0 Å². The van der Waals surface area contributed by atoms with E-state index in [0.29, 0.717) is 12.5 Å². The Bertz CT molecular complexity index is 149. The first kappa shape index (κ1) is 13.7. The van der Waals surface area contributed by atoms with Crippen LogP contribution >= 0.6 is 0 Å². The monoisotopic (exact) mass is 198 g/mol. The first-order valence-electron chi connectivity index (χ1n) is 6.03. The SMILES string of the molecule is CCC=C(CCC)CCC(C)CCO. The molecule has 1 N–H and O–H groups in total. The minimum absolute atomic E-state index is 0.335. The van der Waals surface area contributed by atoms with Gasteiger partial charge in [-0.2, -0.15) is 0 Å². The summed E-state index contributed by atoms with van der Waals surface area (Å²) in [5, 5.41) is 8.79. The molecule has 0 amide bonds. The van der Waals surface area contributed by atoms with Gasteiger partial charge in [0.15, 0.2) is 0 Å². The number of aliphatic hydroxyl groups is 1. The summed E-state index contributed by atoms with van der Waals surface area (Å²) in [7, 11) is 0. The lowest BCUT2D eigenvalue weighted by Crippen LogP contribution is -1.99. The molecule has 0 aromatic carbocycles. The third kappa shape index (κ3) is 7.14. The molecule has 0 saturated carbocycles. The van der Waals surface area contributed by atoms with Crippen molar-refractivity contribution in [2.24, 2.45) is 5.92 Å². The second-order valence-electron chi connectivity index (χ2n) is 4.18. The van der Waals surface area contributed by atoms with E-state index in [4.69, 9.17) is 5.11 Å². The van der Waals surface area contributed by atoms with E-state index in [1.807, 2.05) is 0 Å². The molecule has 0 aliphatic heterocycles. The lowest BCUT2D eigenvalue weighted by Gasteiger charge is -2.11. The van der Waals surface area contributed by atoms with E-state index in [1.54, 1.807) is 5.57 Å². The van der Waals surface area contributed by atoms with Crippen molar-refractivity contribution in [1.29, 1.82) is 0 Å². The van der Waals surface area contributed by atoms with Crippen molar-refractivity contribution in [2.75, 3.05) is 6.61 Å². The first-order chi connectivity index (χ1) is 6.74. The highest BCUT2D eigenvalue weighted by Crippen LogP contribution is 2.18. The Morgan fingerprint density at radius 3 is 2.43 bits per heavy atom. The maximum Gasteiger partial charge on any atom is 0.0433 e. The van der Waals surface area contributed by atoms with Gasteiger partial charge in [0.2, 0.25) is 0 Å². The van der Waals surface area contributed by atoms with Gasteiger partial charge in [-0.1, -0.05) is 38.8 Å². The van der Waals surface area contributed by atoms with Crippen molar-refractivity contribution in [3.05, 3.63) is 11.6 Å². The van der Waals surface area contributed by atoms with Crippen LogP contribution in [0.15, 0.2) is 11.6 Å². The number of allylic oxidation sites excluding steroid dienone is 2. The van der Waals surface area contributed by atoms with E-state index in [0.717, 1.165) is 12.8 Å². The van der Waals surface area contributed by atoms with Gasteiger partial charge in [-0.3, -0.25) is 0 Å². The molecule has 84 valence electrons. The van der Waals surface area contributed by atoms with Gasteiger partial charge in [0.1, 0.15) is 0 Å². The predicted molar refractivity (Wildman–Crippen MR) is 63.4 cm³/mol. The van der Waals surface area contributed by atoms with Crippen LogP contribution in [-0.4, -0.2) is 11.7 Å². The molecule has 0 aromatic rings. The standard InChI is InChI=1S/C13H26O/c1-4-6-13(7-5-2)9-8-12(3)10-11-14/h6,12,14H,4-5,7-11H2,1-3H3. The van der Waals surface area contributed by atoms with Crippen molar-refractivity contribution < 1.29 is 5.11 Å². The van der Waals surface area contributed by atoms with Crippen molar-refractivity contribution in [3.8, 4) is 0 Å². The highest BCUT2D eigenvalue weighted by molar-refractivity contribution is 5.01. The summed E-state index contributed by atoms with van der Waals surface area (Å²) in [5.41, 5.74) is 1.61. The minimum Gasteiger partial charge on any atom is -0.396 e. The van der Waals surface area contributed by atoms with Gasteiger partial charge in [-0.05, 0) is 38.0 Å². The second kappa shape index (κ2) is 9.26. The van der Waals surface area contributed by atoms with E-state index >= 15 is 0 Å². The molecule has 1 atom stereocenters. The Morgan fingerprint density at radius 2 is 1.93 bits per heavy atom. The summed E-state index contributed by atoms with van der Waals surface area (Å²) in [6.45, 7) is 7.00. The van der Waals surface area contributed by atoms with Gasteiger partial charge in [-0.15, -0.1) is 0 Å². The zero-order chi connectivity index (χ0) is 10.8. The Morgan fingerprint density at radius 1 is 1.21 bits per heavy atom. The fourth-order valence-electron chi connectivity index (χ4n) is 1.74. The first-order valence-corrected chi connectivity index (χ1v) is 6.03. The van der Waals surface area contributed by atoms with Gasteiger partial charge in [0.05, 0.1) is 0 Å². The number of hydrogen-bond acceptors (Lipinski definition) is 1. The molecule has 0 aliphatic rings. The topological polar surface area (TPSA) is 20.2 Å². The number of hydrogen-bond donors (Lipinski definition) is 1. The van der Waals surface area contributed by atoms with Crippen LogP contribution in [0.3, 0.4) is 0 Å². The fraction of sp³-hybridized carbons (Fsp3) is 0.846. The van der Waals surface area contributed by atoms with Crippen molar-refractivity contribution in [2.45, 2.75) is 59.3 Å². The molecule has 0 radical (unpaired) electrons. The Balaban J connectivity index is 3.75. The molecular weight excluding hydrogens is 172 g/mol. The number of rotatable bonds is 8. The van der Waals surface area contributed by atoms with Crippen LogP contribution < -0.4 is 0 Å². The maximum atomic E-state index is 8.79. The quantitative estimate of drug-likeness (QED) is 0.586. The summed E-state index contributed by atoms with van der Waals surface area (Å²) in [4.78, 5) is 0. The summed E-state index contributed by atoms with van der Waals surface area (Å²) in [6, 6.07) is 0. The molecule has 1 unspecified atom stereocenters. The molecule has 0 aliphatic carbocycles. The summed E-state index contributed by atoms with van der Waals surface area (Å²) in [6.07, 6.45) is 9.43. The Hall–Kier alpha value is -0.300. The van der Waals surface area contributed by atoms with Gasteiger partial charge in [0, 0.05) is 6.61 Å². The summed E-state index contributed by atoms with van der Waals surface area (Å²) >= 11 is 0. The lowest BCUT2D eigenvalue weighted by molar-refractivity contribution is 0.258. The molecule has 0 saturated heterocycles. The molecule has 0 bridgehead atoms. The molecule has 1 nitrogen and oxygen atoms in total. The van der Waals surface area contributed by atoms with Crippen molar-refractivity contribution in [1.82, 2.24) is 0 Å². The normalized spacial score (nSPS) is 14.4. The van der Waals surface area contributed by atoms with Gasteiger partial charge >= 0.3 is 0 Å². The van der Waals surface area contributed by atoms with Gasteiger partial charge in [-0.25, -0.2) is 0 Å².